The van der Waals surface area contributed by atoms with Crippen molar-refractivity contribution in [1.82, 2.24) is 0 Å². The number of fused-ring (bicyclic) bond motifs is 2. The fraction of sp³-hybridized carbons (Fsp3) is 0.793. The van der Waals surface area contributed by atoms with E-state index in [2.05, 4.69) is 27.4 Å². The highest BCUT2D eigenvalue weighted by atomic mass is 16.8. The number of Topliss-reactive ketones (excluding diaryl/α,β-unsaturated/α-hetero) is 1. The average molecular weight is 498 g/mol. The van der Waals surface area contributed by atoms with Crippen LogP contribution < -0.4 is 0 Å². The Labute approximate surface area is 212 Å². The summed E-state index contributed by atoms with van der Waals surface area (Å²) in [7, 11) is 0. The molecule has 0 aromatic carbocycles. The molecule has 11 atom stereocenters. The van der Waals surface area contributed by atoms with Crippen molar-refractivity contribution in [2.75, 3.05) is 13.2 Å². The predicted molar refractivity (Wildman–Crippen MR) is 127 cm³/mol. The lowest BCUT2D eigenvalue weighted by atomic mass is 9.36. The number of carbonyl (C=O) groups excluding carboxylic acids is 1. The second kappa shape index (κ2) is 6.42. The molecule has 3 saturated carbocycles. The van der Waals surface area contributed by atoms with Crippen LogP contribution in [-0.4, -0.2) is 54.2 Å². The van der Waals surface area contributed by atoms with E-state index in [1.165, 1.54) is 5.57 Å². The molecule has 194 valence electrons. The van der Waals surface area contributed by atoms with Crippen molar-refractivity contribution in [1.29, 1.82) is 0 Å². The van der Waals surface area contributed by atoms with Gasteiger partial charge in [-0.05, 0) is 61.0 Å². The van der Waals surface area contributed by atoms with Gasteiger partial charge in [-0.1, -0.05) is 20.4 Å². The van der Waals surface area contributed by atoms with Gasteiger partial charge in [-0.3, -0.25) is 9.53 Å². The first-order chi connectivity index (χ1) is 17.0. The van der Waals surface area contributed by atoms with Gasteiger partial charge < -0.3 is 24.1 Å². The first-order valence-electron chi connectivity index (χ1n) is 13.8. The molecule has 0 aromatic rings. The van der Waals surface area contributed by atoms with Gasteiger partial charge in [0.15, 0.2) is 5.78 Å². The molecule has 36 heavy (non-hydrogen) atoms. The number of aliphatic hydroxyl groups excluding tert-OH is 1. The maximum atomic E-state index is 14.4. The Morgan fingerprint density at radius 3 is 2.78 bits per heavy atom. The van der Waals surface area contributed by atoms with Crippen molar-refractivity contribution in [3.8, 4) is 0 Å². The van der Waals surface area contributed by atoms with E-state index < -0.39 is 34.6 Å². The number of hydrogen-bond acceptors (Lipinski definition) is 7. The minimum Gasteiger partial charge on any atom is -0.468 e. The average Bonchev–Trinajstić information content (AvgIpc) is 2.93. The SMILES string of the molecule is C=C1C(=O)[C@@]23[C@@H]4OC([CH2+])(C)OC25OC[C@]2(C6=C(C[C@@H]7CCCO[C@@H]7O6)CC(C)(C)[C@H]2[C@@H]5O)[C@@H]3CC[C@@H]14. The number of ketones is 1. The topological polar surface area (TPSA) is 83.5 Å². The summed E-state index contributed by atoms with van der Waals surface area (Å²) in [4.78, 5) is 14.4. The van der Waals surface area contributed by atoms with Crippen LogP contribution in [0.15, 0.2) is 23.5 Å². The lowest BCUT2D eigenvalue weighted by Gasteiger charge is -2.76. The summed E-state index contributed by atoms with van der Waals surface area (Å²) in [5.41, 5.74) is -0.185. The van der Waals surface area contributed by atoms with Crippen LogP contribution in [0.3, 0.4) is 0 Å². The number of ether oxygens (including phenoxy) is 5. The number of aliphatic hydroxyl groups is 1. The molecule has 7 fully saturated rings. The van der Waals surface area contributed by atoms with Crippen molar-refractivity contribution >= 4 is 5.78 Å². The Kier molecular flexibility index (Phi) is 4.03. The van der Waals surface area contributed by atoms with Crippen molar-refractivity contribution in [2.45, 2.75) is 89.4 Å². The molecule has 4 saturated heterocycles. The van der Waals surface area contributed by atoms with Crippen LogP contribution >= 0.6 is 0 Å². The van der Waals surface area contributed by atoms with E-state index in [1.807, 2.05) is 0 Å². The molecule has 5 heterocycles. The van der Waals surface area contributed by atoms with Gasteiger partial charge in [0.25, 0.3) is 0 Å². The van der Waals surface area contributed by atoms with Gasteiger partial charge in [-0.2, -0.15) is 0 Å². The molecule has 5 aliphatic heterocycles. The van der Waals surface area contributed by atoms with E-state index in [9.17, 15) is 9.90 Å². The second-order valence-electron chi connectivity index (χ2n) is 13.7. The maximum Gasteiger partial charge on any atom is 0.314 e. The summed E-state index contributed by atoms with van der Waals surface area (Å²) in [6, 6.07) is 0. The zero-order valence-electron chi connectivity index (χ0n) is 21.5. The van der Waals surface area contributed by atoms with Gasteiger partial charge in [-0.25, -0.2) is 0 Å². The minimum absolute atomic E-state index is 0.0693. The van der Waals surface area contributed by atoms with E-state index in [-0.39, 0.29) is 35.2 Å². The van der Waals surface area contributed by atoms with Crippen LogP contribution in [0.25, 0.3) is 0 Å². The molecule has 7 nitrogen and oxygen atoms in total. The molecule has 9 rings (SSSR count). The third-order valence-corrected chi connectivity index (χ3v) is 11.4. The zero-order chi connectivity index (χ0) is 25.0. The molecule has 4 aliphatic carbocycles. The number of allylic oxidation sites excluding steroid dienone is 1. The second-order valence-corrected chi connectivity index (χ2v) is 13.7. The number of rotatable bonds is 0. The fourth-order valence-electron chi connectivity index (χ4n) is 10.6. The first kappa shape index (κ1) is 22.6. The molecule has 0 radical (unpaired) electrons. The third-order valence-electron chi connectivity index (χ3n) is 11.4. The van der Waals surface area contributed by atoms with Crippen LogP contribution in [0, 0.1) is 46.8 Å². The van der Waals surface area contributed by atoms with Crippen LogP contribution in [0.2, 0.25) is 0 Å². The van der Waals surface area contributed by atoms with Gasteiger partial charge in [0, 0.05) is 24.7 Å². The highest BCUT2D eigenvalue weighted by molar-refractivity contribution is 6.05. The van der Waals surface area contributed by atoms with Crippen molar-refractivity contribution in [3.63, 3.8) is 0 Å². The summed E-state index contributed by atoms with van der Waals surface area (Å²) in [5.74, 6) is -2.04. The van der Waals surface area contributed by atoms with Gasteiger partial charge in [0.2, 0.25) is 12.1 Å². The zero-order valence-corrected chi connectivity index (χ0v) is 21.5. The van der Waals surface area contributed by atoms with Crippen LogP contribution in [-0.2, 0) is 28.5 Å². The standard InChI is InChI=1S/C29H37O7/c1-14-17-8-9-18-27-13-33-29(28(18,20(14)30)23(17)35-26(4,5)36-29)21(31)19(27)25(2,3)12-16-11-15-7-6-10-32-24(15)34-22(16)27/h15,17-19,21,23-24,31H,1,4,6-13H2,2-3,5H3/q+1/t15-,17-,18-,19+,21-,23+,24+,26?,27-,28-,29?/m0/s1. The largest absolute Gasteiger partial charge is 0.468 e. The summed E-state index contributed by atoms with van der Waals surface area (Å²) in [6.07, 6.45) is 3.75. The van der Waals surface area contributed by atoms with Crippen molar-refractivity contribution in [2.24, 2.45) is 39.9 Å². The summed E-state index contributed by atoms with van der Waals surface area (Å²) in [5, 5.41) is 12.4. The Hall–Kier alpha value is -1.38. The molecule has 7 heteroatoms. The summed E-state index contributed by atoms with van der Waals surface area (Å²) < 4.78 is 32.7. The highest BCUT2D eigenvalue weighted by Crippen LogP contribution is 2.80. The normalized spacial score (nSPS) is 57.9. The van der Waals surface area contributed by atoms with E-state index in [0.717, 1.165) is 44.3 Å². The molecule has 1 N–H and O–H groups in total. The highest BCUT2D eigenvalue weighted by Gasteiger charge is 2.91. The van der Waals surface area contributed by atoms with Crippen molar-refractivity contribution in [3.05, 3.63) is 30.4 Å². The first-order valence-corrected chi connectivity index (χ1v) is 13.8. The van der Waals surface area contributed by atoms with Gasteiger partial charge >= 0.3 is 5.79 Å². The smallest absolute Gasteiger partial charge is 0.314 e. The number of carbonyl (C=O) groups is 1. The molecular formula is C29H37O7+. The molecular weight excluding hydrogens is 460 g/mol. The van der Waals surface area contributed by atoms with Crippen molar-refractivity contribution < 1.29 is 33.6 Å². The van der Waals surface area contributed by atoms with E-state index in [1.54, 1.807) is 6.92 Å². The van der Waals surface area contributed by atoms with Crippen LogP contribution in [0.4, 0.5) is 0 Å². The third kappa shape index (κ3) is 2.17. The summed E-state index contributed by atoms with van der Waals surface area (Å²) in [6.45, 7) is 15.7. The molecule has 0 amide bonds. The molecule has 4 bridgehead atoms. The Morgan fingerprint density at radius 2 is 1.97 bits per heavy atom. The van der Waals surface area contributed by atoms with E-state index >= 15 is 0 Å². The Balaban J connectivity index is 1.40. The Bertz CT molecular complexity index is 1120. The van der Waals surface area contributed by atoms with E-state index in [4.69, 9.17) is 23.7 Å². The predicted octanol–water partition coefficient (Wildman–Crippen LogP) is 3.66. The summed E-state index contributed by atoms with van der Waals surface area (Å²) >= 11 is 0. The van der Waals surface area contributed by atoms with Crippen LogP contribution in [0.1, 0.15) is 59.3 Å². The van der Waals surface area contributed by atoms with Gasteiger partial charge in [0.05, 0.1) is 24.7 Å². The number of hydrogen-bond donors (Lipinski definition) is 1. The van der Waals surface area contributed by atoms with E-state index in [0.29, 0.717) is 24.7 Å². The van der Waals surface area contributed by atoms with Crippen LogP contribution in [0.5, 0.6) is 0 Å². The monoisotopic (exact) mass is 497 g/mol. The van der Waals surface area contributed by atoms with Gasteiger partial charge in [0.1, 0.15) is 24.2 Å². The molecule has 3 spiro atoms. The van der Waals surface area contributed by atoms with Gasteiger partial charge in [-0.15, -0.1) is 0 Å². The molecule has 0 aromatic heterocycles. The quantitative estimate of drug-likeness (QED) is 0.404. The Morgan fingerprint density at radius 1 is 1.17 bits per heavy atom. The molecule has 2 unspecified atom stereocenters. The lowest BCUT2D eigenvalue weighted by Crippen LogP contribution is -2.87. The molecule has 9 aliphatic rings. The lowest BCUT2D eigenvalue weighted by molar-refractivity contribution is -0.523. The minimum atomic E-state index is -1.52. The fourth-order valence-corrected chi connectivity index (χ4v) is 10.6. The maximum absolute atomic E-state index is 14.4.